The zero-order chi connectivity index (χ0) is 15.2. The maximum absolute atomic E-state index is 11.7. The fraction of sp³-hybridized carbons (Fsp3) is 0.500. The van der Waals surface area contributed by atoms with Crippen molar-refractivity contribution in [2.45, 2.75) is 13.0 Å². The molecule has 0 aliphatic rings. The summed E-state index contributed by atoms with van der Waals surface area (Å²) < 4.78 is 12.3. The summed E-state index contributed by atoms with van der Waals surface area (Å²) >= 11 is 5.25. The summed E-state index contributed by atoms with van der Waals surface area (Å²) in [6.45, 7) is 1.41. The number of aromatic amines is 1. The van der Waals surface area contributed by atoms with Crippen LogP contribution < -0.4 is 10.1 Å². The minimum absolute atomic E-state index is 0.0654. The Morgan fingerprint density at radius 2 is 2.29 bits per heavy atom. The number of hydrogen-bond donors (Lipinski definition) is 2. The first-order valence-electron chi connectivity index (χ1n) is 6.40. The molecule has 0 saturated carbocycles. The molecule has 2 N–H and O–H groups in total. The van der Waals surface area contributed by atoms with Gasteiger partial charge in [-0.1, -0.05) is 0 Å². The van der Waals surface area contributed by atoms with Crippen molar-refractivity contribution in [3.05, 3.63) is 11.1 Å². The number of carbonyl (C=O) groups is 1. The number of aryl methyl sites for hydroxylation is 1. The second-order valence-electron chi connectivity index (χ2n) is 4.26. The first kappa shape index (κ1) is 15.4. The van der Waals surface area contributed by atoms with Crippen LogP contribution in [0.2, 0.25) is 0 Å². The third-order valence-corrected chi connectivity index (χ3v) is 3.23. The third-order valence-electron chi connectivity index (χ3n) is 2.91. The molecule has 114 valence electrons. The SMILES string of the molecule is COCCNC(=O)CCn1c(=S)[nH]c2c(OC)ncnc21. The first-order valence-corrected chi connectivity index (χ1v) is 6.81. The Labute approximate surface area is 126 Å². The van der Waals surface area contributed by atoms with Crippen LogP contribution in [0.25, 0.3) is 11.2 Å². The van der Waals surface area contributed by atoms with Crippen LogP contribution in [0.4, 0.5) is 0 Å². The highest BCUT2D eigenvalue weighted by Gasteiger charge is 2.12. The minimum atomic E-state index is -0.0654. The normalized spacial score (nSPS) is 10.8. The van der Waals surface area contributed by atoms with Gasteiger partial charge in [0.05, 0.1) is 13.7 Å². The van der Waals surface area contributed by atoms with Gasteiger partial charge in [0.15, 0.2) is 10.4 Å². The molecular weight excluding hydrogens is 294 g/mol. The lowest BCUT2D eigenvalue weighted by atomic mass is 10.4. The maximum Gasteiger partial charge on any atom is 0.242 e. The smallest absolute Gasteiger partial charge is 0.242 e. The van der Waals surface area contributed by atoms with E-state index in [-0.39, 0.29) is 5.91 Å². The summed E-state index contributed by atoms with van der Waals surface area (Å²) in [5, 5.41) is 2.76. The van der Waals surface area contributed by atoms with Crippen molar-refractivity contribution < 1.29 is 14.3 Å². The molecule has 0 saturated heterocycles. The second kappa shape index (κ2) is 7.14. The predicted octanol–water partition coefficient (Wildman–Crippen LogP) is 0.650. The average Bonchev–Trinajstić information content (AvgIpc) is 2.80. The van der Waals surface area contributed by atoms with E-state index in [1.54, 1.807) is 11.7 Å². The number of methoxy groups -OCH3 is 2. The van der Waals surface area contributed by atoms with Crippen LogP contribution in [-0.4, -0.2) is 52.8 Å². The number of carbonyl (C=O) groups excluding carboxylic acids is 1. The highest BCUT2D eigenvalue weighted by molar-refractivity contribution is 7.71. The van der Waals surface area contributed by atoms with Crippen molar-refractivity contribution in [2.75, 3.05) is 27.4 Å². The molecule has 2 heterocycles. The number of rotatable bonds is 7. The van der Waals surface area contributed by atoms with Crippen molar-refractivity contribution in [2.24, 2.45) is 0 Å². The van der Waals surface area contributed by atoms with Crippen molar-refractivity contribution in [1.82, 2.24) is 24.8 Å². The van der Waals surface area contributed by atoms with Gasteiger partial charge in [-0.05, 0) is 12.2 Å². The van der Waals surface area contributed by atoms with E-state index < -0.39 is 0 Å². The number of aromatic nitrogens is 4. The van der Waals surface area contributed by atoms with Crippen LogP contribution in [0.15, 0.2) is 6.33 Å². The first-order chi connectivity index (χ1) is 10.2. The molecule has 0 atom stereocenters. The number of fused-ring (bicyclic) bond motifs is 1. The fourth-order valence-electron chi connectivity index (χ4n) is 1.90. The minimum Gasteiger partial charge on any atom is -0.479 e. The number of ether oxygens (including phenoxy) is 2. The summed E-state index contributed by atoms with van der Waals surface area (Å²) in [4.78, 5) is 22.9. The fourth-order valence-corrected chi connectivity index (χ4v) is 2.18. The van der Waals surface area contributed by atoms with Gasteiger partial charge in [-0.25, -0.2) is 4.98 Å². The molecule has 9 heteroatoms. The number of hydrogen-bond acceptors (Lipinski definition) is 6. The van der Waals surface area contributed by atoms with Crippen molar-refractivity contribution in [1.29, 1.82) is 0 Å². The molecule has 0 bridgehead atoms. The van der Waals surface area contributed by atoms with E-state index in [1.807, 2.05) is 0 Å². The lowest BCUT2D eigenvalue weighted by Crippen LogP contribution is -2.27. The summed E-state index contributed by atoms with van der Waals surface area (Å²) in [7, 11) is 3.11. The van der Waals surface area contributed by atoms with Crippen LogP contribution in [0.5, 0.6) is 5.88 Å². The van der Waals surface area contributed by atoms with E-state index in [2.05, 4.69) is 20.3 Å². The van der Waals surface area contributed by atoms with Crippen LogP contribution in [-0.2, 0) is 16.1 Å². The van der Waals surface area contributed by atoms with E-state index in [4.69, 9.17) is 21.7 Å². The monoisotopic (exact) mass is 311 g/mol. The molecule has 8 nitrogen and oxygen atoms in total. The van der Waals surface area contributed by atoms with Gasteiger partial charge in [-0.15, -0.1) is 0 Å². The molecule has 2 rings (SSSR count). The van der Waals surface area contributed by atoms with E-state index in [9.17, 15) is 4.79 Å². The van der Waals surface area contributed by atoms with Gasteiger partial charge in [0.25, 0.3) is 0 Å². The largest absolute Gasteiger partial charge is 0.479 e. The molecule has 0 radical (unpaired) electrons. The topological polar surface area (TPSA) is 94.1 Å². The summed E-state index contributed by atoms with van der Waals surface area (Å²) in [5.74, 6) is 0.360. The molecule has 0 aliphatic heterocycles. The molecule has 0 fully saturated rings. The van der Waals surface area contributed by atoms with Crippen LogP contribution >= 0.6 is 12.2 Å². The van der Waals surface area contributed by atoms with Gasteiger partial charge >= 0.3 is 0 Å². The molecule has 21 heavy (non-hydrogen) atoms. The molecule has 2 aromatic rings. The van der Waals surface area contributed by atoms with Crippen molar-refractivity contribution in [3.8, 4) is 5.88 Å². The summed E-state index contributed by atoms with van der Waals surface area (Å²) in [6.07, 6.45) is 1.70. The Bertz CT molecular complexity index is 681. The van der Waals surface area contributed by atoms with Crippen molar-refractivity contribution >= 4 is 29.3 Å². The highest BCUT2D eigenvalue weighted by atomic mass is 32.1. The molecular formula is C12H17N5O3S. The predicted molar refractivity (Wildman–Crippen MR) is 78.8 cm³/mol. The number of nitrogens with zero attached hydrogens (tertiary/aromatic N) is 3. The quantitative estimate of drug-likeness (QED) is 0.576. The summed E-state index contributed by atoms with van der Waals surface area (Å²) in [6, 6.07) is 0. The number of imidazole rings is 1. The lowest BCUT2D eigenvalue weighted by molar-refractivity contribution is -0.121. The third kappa shape index (κ3) is 3.56. The van der Waals surface area contributed by atoms with Gasteiger partial charge in [-0.2, -0.15) is 4.98 Å². The lowest BCUT2D eigenvalue weighted by Gasteiger charge is -2.06. The van der Waals surface area contributed by atoms with E-state index in [0.717, 1.165) is 0 Å². The van der Waals surface area contributed by atoms with Gasteiger partial charge in [0.2, 0.25) is 11.8 Å². The Balaban J connectivity index is 2.10. The molecule has 2 aromatic heterocycles. The molecule has 1 amide bonds. The molecule has 0 aromatic carbocycles. The molecule has 0 aliphatic carbocycles. The van der Waals surface area contributed by atoms with Gasteiger partial charge in [-0.3, -0.25) is 4.79 Å². The Morgan fingerprint density at radius 1 is 1.48 bits per heavy atom. The second-order valence-corrected chi connectivity index (χ2v) is 4.64. The van der Waals surface area contributed by atoms with E-state index in [0.29, 0.717) is 47.9 Å². The van der Waals surface area contributed by atoms with E-state index in [1.165, 1.54) is 13.4 Å². The highest BCUT2D eigenvalue weighted by Crippen LogP contribution is 2.19. The summed E-state index contributed by atoms with van der Waals surface area (Å²) in [5.41, 5.74) is 1.25. The number of nitrogens with one attached hydrogen (secondary N) is 2. The molecule has 0 spiro atoms. The zero-order valence-corrected chi connectivity index (χ0v) is 12.7. The van der Waals surface area contributed by atoms with Gasteiger partial charge in [0.1, 0.15) is 11.8 Å². The van der Waals surface area contributed by atoms with Gasteiger partial charge < -0.3 is 24.3 Å². The standard InChI is InChI=1S/C12H17N5O3S/c1-19-6-4-13-8(18)3-5-17-10-9(16-12(17)21)11(20-2)15-7-14-10/h7H,3-6H2,1-2H3,(H,13,18)(H,16,21). The van der Waals surface area contributed by atoms with E-state index >= 15 is 0 Å². The Kier molecular flexibility index (Phi) is 5.23. The van der Waals surface area contributed by atoms with Crippen LogP contribution in [0.3, 0.4) is 0 Å². The average molecular weight is 311 g/mol. The maximum atomic E-state index is 11.7. The van der Waals surface area contributed by atoms with Crippen LogP contribution in [0, 0.1) is 4.77 Å². The molecule has 0 unspecified atom stereocenters. The Morgan fingerprint density at radius 3 is 3.00 bits per heavy atom. The zero-order valence-electron chi connectivity index (χ0n) is 11.9. The van der Waals surface area contributed by atoms with Crippen molar-refractivity contribution in [3.63, 3.8) is 0 Å². The number of H-pyrrole nitrogens is 1. The van der Waals surface area contributed by atoms with Crippen LogP contribution in [0.1, 0.15) is 6.42 Å². The number of amides is 1. The Hall–Kier alpha value is -2.00. The van der Waals surface area contributed by atoms with Gasteiger partial charge in [0, 0.05) is 26.6 Å².